The lowest BCUT2D eigenvalue weighted by Crippen LogP contribution is -2.43. The van der Waals surface area contributed by atoms with Crippen LogP contribution in [0, 0.1) is 6.92 Å². The Morgan fingerprint density at radius 3 is 2.25 bits per heavy atom. The first-order valence-electron chi connectivity index (χ1n) is 10.2. The van der Waals surface area contributed by atoms with Crippen LogP contribution in [0.1, 0.15) is 28.2 Å². The fraction of sp³-hybridized carbons (Fsp3) is 0.200. The van der Waals surface area contributed by atoms with Gasteiger partial charge >= 0.3 is 12.1 Å². The molecule has 0 bridgehead atoms. The third-order valence-electron chi connectivity index (χ3n) is 5.64. The van der Waals surface area contributed by atoms with E-state index in [1.807, 2.05) is 48.5 Å². The summed E-state index contributed by atoms with van der Waals surface area (Å²) in [7, 11) is 0. The van der Waals surface area contributed by atoms with Crippen molar-refractivity contribution in [3.63, 3.8) is 0 Å². The molecule has 0 aliphatic heterocycles. The normalized spacial score (nSPS) is 13.2. The Labute approximate surface area is 190 Å². The van der Waals surface area contributed by atoms with Crippen molar-refractivity contribution in [3.05, 3.63) is 87.9 Å². The van der Waals surface area contributed by atoms with E-state index >= 15 is 0 Å². The predicted molar refractivity (Wildman–Crippen MR) is 121 cm³/mol. The van der Waals surface area contributed by atoms with E-state index < -0.39 is 18.1 Å². The lowest BCUT2D eigenvalue weighted by molar-refractivity contribution is -0.139. The number of hydrogen-bond donors (Lipinski definition) is 3. The summed E-state index contributed by atoms with van der Waals surface area (Å²) in [6, 6.07) is 17.8. The minimum absolute atomic E-state index is 0.0771. The predicted octanol–water partition coefficient (Wildman–Crippen LogP) is 4.89. The van der Waals surface area contributed by atoms with Gasteiger partial charge in [0.05, 0.1) is 5.02 Å². The number of benzene rings is 3. The molecule has 3 aromatic carbocycles. The fourth-order valence-electron chi connectivity index (χ4n) is 4.16. The van der Waals surface area contributed by atoms with Gasteiger partial charge in [0.15, 0.2) is 0 Å². The molecule has 4 rings (SSSR count). The van der Waals surface area contributed by atoms with Crippen molar-refractivity contribution in [2.24, 2.45) is 0 Å². The number of ether oxygens (including phenoxy) is 1. The number of phenols is 1. The Morgan fingerprint density at radius 1 is 1.06 bits per heavy atom. The standard InChI is InChI=1S/C25H22ClNO5/c1-14-10-15(23(28)21(26)11-14)12-22(24(29)30)27-25(31)32-13-20-18-8-4-2-6-16(18)17-7-3-5-9-19(17)20/h2-11,20,22,28H,12-13H2,1H3,(H,27,31)(H,29,30). The van der Waals surface area contributed by atoms with E-state index in [-0.39, 0.29) is 29.7 Å². The minimum Gasteiger partial charge on any atom is -0.506 e. The van der Waals surface area contributed by atoms with Gasteiger partial charge in [-0.2, -0.15) is 0 Å². The van der Waals surface area contributed by atoms with Crippen LogP contribution in [0.3, 0.4) is 0 Å². The number of carboxylic acid groups (broad SMARTS) is 1. The van der Waals surface area contributed by atoms with Gasteiger partial charge in [0, 0.05) is 12.3 Å². The summed E-state index contributed by atoms with van der Waals surface area (Å²) >= 11 is 5.98. The Kier molecular flexibility index (Phi) is 6.06. The van der Waals surface area contributed by atoms with E-state index in [1.54, 1.807) is 19.1 Å². The summed E-state index contributed by atoms with van der Waals surface area (Å²) in [5.41, 5.74) is 5.44. The highest BCUT2D eigenvalue weighted by atomic mass is 35.5. The van der Waals surface area contributed by atoms with E-state index in [0.717, 1.165) is 27.8 Å². The van der Waals surface area contributed by atoms with Crippen LogP contribution in [-0.4, -0.2) is 34.9 Å². The van der Waals surface area contributed by atoms with Gasteiger partial charge in [-0.25, -0.2) is 9.59 Å². The summed E-state index contributed by atoms with van der Waals surface area (Å²) < 4.78 is 5.43. The van der Waals surface area contributed by atoms with Crippen molar-refractivity contribution in [1.82, 2.24) is 5.32 Å². The van der Waals surface area contributed by atoms with Crippen molar-refractivity contribution in [3.8, 4) is 16.9 Å². The summed E-state index contributed by atoms with van der Waals surface area (Å²) in [5.74, 6) is -1.57. The monoisotopic (exact) mass is 451 g/mol. The number of phenolic OH excluding ortho intramolecular Hbond substituents is 1. The van der Waals surface area contributed by atoms with Gasteiger partial charge < -0.3 is 20.3 Å². The molecule has 3 aromatic rings. The zero-order valence-electron chi connectivity index (χ0n) is 17.3. The summed E-state index contributed by atoms with van der Waals surface area (Å²) in [4.78, 5) is 24.2. The topological polar surface area (TPSA) is 95.9 Å². The van der Waals surface area contributed by atoms with Gasteiger partial charge in [-0.05, 0) is 46.4 Å². The molecular formula is C25H22ClNO5. The van der Waals surface area contributed by atoms with Gasteiger partial charge in [0.25, 0.3) is 0 Å². The Bertz CT molecular complexity index is 1150. The number of aryl methyl sites for hydroxylation is 1. The second kappa shape index (κ2) is 8.93. The summed E-state index contributed by atoms with van der Waals surface area (Å²) in [6.07, 6.45) is -0.968. The summed E-state index contributed by atoms with van der Waals surface area (Å²) in [5, 5.41) is 22.2. The summed E-state index contributed by atoms with van der Waals surface area (Å²) in [6.45, 7) is 1.86. The number of nitrogens with one attached hydrogen (secondary N) is 1. The molecule has 0 radical (unpaired) electrons. The SMILES string of the molecule is Cc1cc(Cl)c(O)c(CC(NC(=O)OCC2c3ccccc3-c3ccccc32)C(=O)O)c1. The molecule has 0 saturated carbocycles. The van der Waals surface area contributed by atoms with E-state index in [2.05, 4.69) is 5.32 Å². The molecule has 1 aliphatic carbocycles. The largest absolute Gasteiger partial charge is 0.506 e. The van der Waals surface area contributed by atoms with Gasteiger partial charge in [0.2, 0.25) is 0 Å². The van der Waals surface area contributed by atoms with Crippen LogP contribution < -0.4 is 5.32 Å². The molecule has 0 aromatic heterocycles. The zero-order chi connectivity index (χ0) is 22.8. The third-order valence-corrected chi connectivity index (χ3v) is 5.93. The maximum atomic E-state index is 12.5. The Hall–Kier alpha value is -3.51. The molecule has 164 valence electrons. The van der Waals surface area contributed by atoms with Crippen LogP contribution in [0.5, 0.6) is 5.75 Å². The number of aromatic hydroxyl groups is 1. The van der Waals surface area contributed by atoms with Crippen LogP contribution in [0.4, 0.5) is 4.79 Å². The lowest BCUT2D eigenvalue weighted by Gasteiger charge is -2.18. The number of halogens is 1. The van der Waals surface area contributed by atoms with Crippen molar-refractivity contribution < 1.29 is 24.5 Å². The van der Waals surface area contributed by atoms with Crippen molar-refractivity contribution in [2.45, 2.75) is 25.3 Å². The average Bonchev–Trinajstić information content (AvgIpc) is 3.09. The molecule has 32 heavy (non-hydrogen) atoms. The number of alkyl carbamates (subject to hydrolysis) is 1. The highest BCUT2D eigenvalue weighted by Crippen LogP contribution is 2.44. The molecule has 1 atom stereocenters. The fourth-order valence-corrected chi connectivity index (χ4v) is 4.46. The second-order valence-electron chi connectivity index (χ2n) is 7.82. The number of carbonyl (C=O) groups is 2. The van der Waals surface area contributed by atoms with Crippen molar-refractivity contribution >= 4 is 23.7 Å². The number of aliphatic carboxylic acids is 1. The lowest BCUT2D eigenvalue weighted by atomic mass is 9.98. The van der Waals surface area contributed by atoms with Gasteiger partial charge in [-0.3, -0.25) is 0 Å². The maximum Gasteiger partial charge on any atom is 0.407 e. The molecule has 0 heterocycles. The van der Waals surface area contributed by atoms with Crippen molar-refractivity contribution in [1.29, 1.82) is 0 Å². The maximum absolute atomic E-state index is 12.5. The van der Waals surface area contributed by atoms with Gasteiger partial charge in [-0.15, -0.1) is 0 Å². The number of rotatable bonds is 6. The third kappa shape index (κ3) is 4.27. The van der Waals surface area contributed by atoms with Gasteiger partial charge in [0.1, 0.15) is 18.4 Å². The molecule has 0 spiro atoms. The Morgan fingerprint density at radius 2 is 1.66 bits per heavy atom. The first-order chi connectivity index (χ1) is 15.3. The van der Waals surface area contributed by atoms with E-state index in [0.29, 0.717) is 5.56 Å². The van der Waals surface area contributed by atoms with E-state index in [9.17, 15) is 19.8 Å². The molecule has 1 aliphatic rings. The highest BCUT2D eigenvalue weighted by Gasteiger charge is 2.30. The number of fused-ring (bicyclic) bond motifs is 3. The van der Waals surface area contributed by atoms with E-state index in [4.69, 9.17) is 16.3 Å². The first kappa shape index (κ1) is 21.7. The molecule has 1 unspecified atom stereocenters. The molecular weight excluding hydrogens is 430 g/mol. The average molecular weight is 452 g/mol. The van der Waals surface area contributed by atoms with Gasteiger partial charge in [-0.1, -0.05) is 66.2 Å². The quantitative estimate of drug-likeness (QED) is 0.496. The van der Waals surface area contributed by atoms with Crippen LogP contribution in [0.2, 0.25) is 5.02 Å². The molecule has 7 heteroatoms. The first-order valence-corrected chi connectivity index (χ1v) is 10.5. The van der Waals surface area contributed by atoms with E-state index in [1.165, 1.54) is 0 Å². The number of carboxylic acids is 1. The van der Waals surface area contributed by atoms with Crippen molar-refractivity contribution in [2.75, 3.05) is 6.61 Å². The molecule has 1 amide bonds. The number of carbonyl (C=O) groups excluding carboxylic acids is 1. The van der Waals surface area contributed by atoms with Crippen LogP contribution in [0.25, 0.3) is 11.1 Å². The Balaban J connectivity index is 1.46. The van der Waals surface area contributed by atoms with Crippen LogP contribution in [-0.2, 0) is 16.0 Å². The zero-order valence-corrected chi connectivity index (χ0v) is 18.1. The second-order valence-corrected chi connectivity index (χ2v) is 8.23. The smallest absolute Gasteiger partial charge is 0.407 e. The molecule has 6 nitrogen and oxygen atoms in total. The number of amides is 1. The molecule has 0 fully saturated rings. The van der Waals surface area contributed by atoms with Crippen LogP contribution in [0.15, 0.2) is 60.7 Å². The highest BCUT2D eigenvalue weighted by molar-refractivity contribution is 6.32. The number of hydrogen-bond acceptors (Lipinski definition) is 4. The minimum atomic E-state index is -1.28. The molecule has 3 N–H and O–H groups in total. The van der Waals surface area contributed by atoms with Crippen LogP contribution >= 0.6 is 11.6 Å². The molecule has 0 saturated heterocycles.